The van der Waals surface area contributed by atoms with E-state index >= 15 is 0 Å². The fourth-order valence-corrected chi connectivity index (χ4v) is 4.19. The molecule has 0 saturated carbocycles. The van der Waals surface area contributed by atoms with Gasteiger partial charge < -0.3 is 13.9 Å². The topological polar surface area (TPSA) is 77.8 Å². The van der Waals surface area contributed by atoms with Crippen LogP contribution >= 0.6 is 23.2 Å². The fourth-order valence-electron chi connectivity index (χ4n) is 3.67. The van der Waals surface area contributed by atoms with Gasteiger partial charge in [-0.15, -0.1) is 0 Å². The molecule has 0 aliphatic carbocycles. The van der Waals surface area contributed by atoms with E-state index in [1.54, 1.807) is 30.3 Å². The first-order valence-corrected chi connectivity index (χ1v) is 12.1. The van der Waals surface area contributed by atoms with Gasteiger partial charge in [-0.05, 0) is 48.2 Å². The molecular formula is C27H29Cl2NO5. The van der Waals surface area contributed by atoms with Crippen LogP contribution in [0.3, 0.4) is 0 Å². The van der Waals surface area contributed by atoms with Crippen LogP contribution in [-0.4, -0.2) is 31.1 Å². The standard InChI is InChI=1S/C27H29Cl2NO5/c1-17(2)11-23(27(32)34-16-18-7-5-4-6-8-18)30-24(26(31)33-3)15-22-9-10-25(35-22)19-12-20(28)14-21(29)13-19/h4-10,12-14,17,23-24,30H,11,15-16H2,1-3H3/t23-,24-/m0/s1. The van der Waals surface area contributed by atoms with Crippen LogP contribution in [0.2, 0.25) is 10.0 Å². The van der Waals surface area contributed by atoms with Gasteiger partial charge in [-0.3, -0.25) is 14.9 Å². The molecule has 2 atom stereocenters. The summed E-state index contributed by atoms with van der Waals surface area (Å²) in [5, 5.41) is 4.12. The SMILES string of the molecule is COC(=O)[C@H](Cc1ccc(-c2cc(Cl)cc(Cl)c2)o1)N[C@@H](CC(C)C)C(=O)OCc1ccccc1. The number of benzene rings is 2. The number of carbonyl (C=O) groups is 2. The molecule has 0 bridgehead atoms. The molecule has 1 aromatic heterocycles. The summed E-state index contributed by atoms with van der Waals surface area (Å²) in [5.74, 6) is 0.371. The number of nitrogens with one attached hydrogen (secondary N) is 1. The van der Waals surface area contributed by atoms with Crippen molar-refractivity contribution < 1.29 is 23.5 Å². The van der Waals surface area contributed by atoms with Crippen molar-refractivity contribution in [3.8, 4) is 11.3 Å². The lowest BCUT2D eigenvalue weighted by molar-refractivity contribution is -0.149. The minimum atomic E-state index is -0.810. The number of methoxy groups -OCH3 is 1. The molecule has 0 radical (unpaired) electrons. The van der Waals surface area contributed by atoms with E-state index in [2.05, 4.69) is 5.32 Å². The maximum Gasteiger partial charge on any atom is 0.323 e. The fraction of sp³-hybridized carbons (Fsp3) is 0.333. The Morgan fingerprint density at radius 3 is 2.26 bits per heavy atom. The second kappa shape index (κ2) is 12.8. The van der Waals surface area contributed by atoms with Gasteiger partial charge in [0.15, 0.2) is 0 Å². The smallest absolute Gasteiger partial charge is 0.323 e. The summed E-state index contributed by atoms with van der Waals surface area (Å²) in [6, 6.07) is 16.6. The number of hydrogen-bond donors (Lipinski definition) is 1. The molecule has 0 spiro atoms. The number of ether oxygens (including phenoxy) is 2. The van der Waals surface area contributed by atoms with Crippen molar-refractivity contribution >= 4 is 35.1 Å². The molecule has 8 heteroatoms. The second-order valence-electron chi connectivity index (χ2n) is 8.65. The van der Waals surface area contributed by atoms with Crippen LogP contribution in [0, 0.1) is 5.92 Å². The molecule has 0 saturated heterocycles. The van der Waals surface area contributed by atoms with Crippen LogP contribution in [-0.2, 0) is 32.1 Å². The van der Waals surface area contributed by atoms with Crippen LogP contribution in [0.1, 0.15) is 31.6 Å². The van der Waals surface area contributed by atoms with Gasteiger partial charge in [0.1, 0.15) is 30.2 Å². The largest absolute Gasteiger partial charge is 0.468 e. The summed E-state index contributed by atoms with van der Waals surface area (Å²) in [4.78, 5) is 25.5. The lowest BCUT2D eigenvalue weighted by Gasteiger charge is -2.24. The number of furan rings is 1. The Morgan fingerprint density at radius 2 is 1.63 bits per heavy atom. The van der Waals surface area contributed by atoms with Crippen molar-refractivity contribution in [2.24, 2.45) is 5.92 Å². The Balaban J connectivity index is 1.73. The zero-order valence-electron chi connectivity index (χ0n) is 19.9. The van der Waals surface area contributed by atoms with Crippen molar-refractivity contribution in [3.05, 3.63) is 82.0 Å². The van der Waals surface area contributed by atoms with Gasteiger partial charge in [0.2, 0.25) is 0 Å². The molecule has 0 amide bonds. The third-order valence-corrected chi connectivity index (χ3v) is 5.75. The first-order valence-electron chi connectivity index (χ1n) is 11.3. The maximum absolute atomic E-state index is 12.9. The third kappa shape index (κ3) is 8.13. The van der Waals surface area contributed by atoms with Crippen LogP contribution in [0.15, 0.2) is 65.1 Å². The minimum absolute atomic E-state index is 0.155. The van der Waals surface area contributed by atoms with Crippen molar-refractivity contribution in [2.45, 2.75) is 45.4 Å². The summed E-state index contributed by atoms with van der Waals surface area (Å²) in [7, 11) is 1.31. The number of esters is 2. The van der Waals surface area contributed by atoms with Crippen LogP contribution < -0.4 is 5.32 Å². The Kier molecular flexibility index (Phi) is 9.78. The van der Waals surface area contributed by atoms with Gasteiger partial charge >= 0.3 is 11.9 Å². The van der Waals surface area contributed by atoms with Gasteiger partial charge in [-0.25, -0.2) is 0 Å². The Morgan fingerprint density at radius 1 is 0.943 bits per heavy atom. The number of carbonyl (C=O) groups excluding carboxylic acids is 2. The molecule has 0 fully saturated rings. The highest BCUT2D eigenvalue weighted by Gasteiger charge is 2.30. The monoisotopic (exact) mass is 517 g/mol. The second-order valence-corrected chi connectivity index (χ2v) is 9.52. The lowest BCUT2D eigenvalue weighted by atomic mass is 10.0. The van der Waals surface area contributed by atoms with Gasteiger partial charge in [-0.1, -0.05) is 67.4 Å². The summed E-state index contributed by atoms with van der Waals surface area (Å²) in [6.45, 7) is 4.16. The molecule has 1 heterocycles. The molecule has 186 valence electrons. The molecule has 6 nitrogen and oxygen atoms in total. The van der Waals surface area contributed by atoms with Crippen molar-refractivity contribution in [2.75, 3.05) is 7.11 Å². The zero-order chi connectivity index (χ0) is 25.4. The number of halogens is 2. The van der Waals surface area contributed by atoms with E-state index in [1.165, 1.54) is 7.11 Å². The minimum Gasteiger partial charge on any atom is -0.468 e. The highest BCUT2D eigenvalue weighted by molar-refractivity contribution is 6.35. The predicted molar refractivity (Wildman–Crippen MR) is 136 cm³/mol. The van der Waals surface area contributed by atoms with Crippen LogP contribution in [0.4, 0.5) is 0 Å². The number of rotatable bonds is 11. The Labute approximate surface area is 215 Å². The highest BCUT2D eigenvalue weighted by Crippen LogP contribution is 2.29. The third-order valence-electron chi connectivity index (χ3n) is 5.32. The molecular weight excluding hydrogens is 489 g/mol. The quantitative estimate of drug-likeness (QED) is 0.310. The summed E-state index contributed by atoms with van der Waals surface area (Å²) in [5.41, 5.74) is 1.61. The molecule has 3 aromatic rings. The van der Waals surface area contributed by atoms with Gasteiger partial charge in [0.05, 0.1) is 7.11 Å². The average Bonchev–Trinajstić information content (AvgIpc) is 3.29. The molecule has 1 N–H and O–H groups in total. The Hall–Kier alpha value is -2.80. The normalized spacial score (nSPS) is 12.9. The van der Waals surface area contributed by atoms with Crippen molar-refractivity contribution in [1.29, 1.82) is 0 Å². The molecule has 35 heavy (non-hydrogen) atoms. The molecule has 0 unspecified atom stereocenters. The maximum atomic E-state index is 12.9. The summed E-state index contributed by atoms with van der Waals surface area (Å²) in [6.07, 6.45) is 0.674. The number of hydrogen-bond acceptors (Lipinski definition) is 6. The van der Waals surface area contributed by atoms with Crippen molar-refractivity contribution in [1.82, 2.24) is 5.32 Å². The molecule has 0 aliphatic heterocycles. The van der Waals surface area contributed by atoms with E-state index in [4.69, 9.17) is 37.1 Å². The lowest BCUT2D eigenvalue weighted by Crippen LogP contribution is -2.49. The van der Waals surface area contributed by atoms with E-state index in [9.17, 15) is 9.59 Å². The van der Waals surface area contributed by atoms with Gasteiger partial charge in [-0.2, -0.15) is 0 Å². The summed E-state index contributed by atoms with van der Waals surface area (Å²) >= 11 is 12.2. The van der Waals surface area contributed by atoms with E-state index in [0.29, 0.717) is 28.0 Å². The molecule has 3 rings (SSSR count). The van der Waals surface area contributed by atoms with Gasteiger partial charge in [0.25, 0.3) is 0 Å². The first kappa shape index (κ1) is 26.8. The van der Waals surface area contributed by atoms with Crippen LogP contribution in [0.5, 0.6) is 0 Å². The van der Waals surface area contributed by atoms with E-state index in [1.807, 2.05) is 44.2 Å². The molecule has 0 aliphatic rings. The highest BCUT2D eigenvalue weighted by atomic mass is 35.5. The predicted octanol–water partition coefficient (Wildman–Crippen LogP) is 6.09. The first-order chi connectivity index (χ1) is 16.7. The van der Waals surface area contributed by atoms with Crippen molar-refractivity contribution in [3.63, 3.8) is 0 Å². The van der Waals surface area contributed by atoms with Crippen LogP contribution in [0.25, 0.3) is 11.3 Å². The van der Waals surface area contributed by atoms with E-state index < -0.39 is 24.0 Å². The summed E-state index contributed by atoms with van der Waals surface area (Å²) < 4.78 is 16.5. The molecule has 2 aromatic carbocycles. The zero-order valence-corrected chi connectivity index (χ0v) is 21.4. The van der Waals surface area contributed by atoms with Gasteiger partial charge in [0, 0.05) is 22.0 Å². The van der Waals surface area contributed by atoms with E-state index in [-0.39, 0.29) is 18.9 Å². The van der Waals surface area contributed by atoms with E-state index in [0.717, 1.165) is 11.1 Å². The Bertz CT molecular complexity index is 1110. The average molecular weight is 518 g/mol.